The fourth-order valence-electron chi connectivity index (χ4n) is 5.64. The van der Waals surface area contributed by atoms with Crippen molar-refractivity contribution >= 4 is 44.3 Å². The molecule has 0 bridgehead atoms. The van der Waals surface area contributed by atoms with Crippen LogP contribution in [-0.4, -0.2) is 52.0 Å². The number of benzene rings is 4. The lowest BCUT2D eigenvalue weighted by atomic mass is 9.95. The first-order chi connectivity index (χ1) is 23.9. The number of phenols is 5. The van der Waals surface area contributed by atoms with Gasteiger partial charge in [-0.05, 0) is 48.4 Å². The van der Waals surface area contributed by atoms with Gasteiger partial charge in [-0.1, -0.05) is 86.5 Å². The molecule has 0 amide bonds. The minimum Gasteiger partial charge on any atom is -0.507 e. The summed E-state index contributed by atoms with van der Waals surface area (Å²) in [4.78, 5) is 0. The Balaban J connectivity index is 1.48. The number of hydrogen-bond acceptors (Lipinski definition) is 9. The summed E-state index contributed by atoms with van der Waals surface area (Å²) >= 11 is 0. The monoisotopic (exact) mass is 672 g/mol. The average Bonchev–Trinajstić information content (AvgIpc) is 3.46. The van der Waals surface area contributed by atoms with Crippen molar-refractivity contribution in [1.29, 1.82) is 0 Å². The van der Waals surface area contributed by atoms with E-state index in [1.54, 1.807) is 12.1 Å². The van der Waals surface area contributed by atoms with E-state index >= 15 is 0 Å². The smallest absolute Gasteiger partial charge is 0.208 e. The lowest BCUT2D eigenvalue weighted by Crippen LogP contribution is -2.09. The molecule has 5 aromatic rings. The topological polar surface area (TPSA) is 179 Å². The second-order valence-electron chi connectivity index (χ2n) is 11.2. The fraction of sp³-hybridized carbons (Fsp3) is 0.0500. The molecule has 10 heteroatoms. The number of aliphatic hydroxyl groups is 3. The van der Waals surface area contributed by atoms with E-state index in [0.717, 1.165) is 38.6 Å². The number of allylic oxidation sites excluding steroid dienone is 6. The highest BCUT2D eigenvalue weighted by atomic mass is 16.4. The van der Waals surface area contributed by atoms with Crippen molar-refractivity contribution in [2.75, 3.05) is 11.9 Å². The van der Waals surface area contributed by atoms with Gasteiger partial charge in [-0.25, -0.2) is 0 Å². The summed E-state index contributed by atoms with van der Waals surface area (Å²) in [6, 6.07) is 23.7. The number of anilines is 1. The van der Waals surface area contributed by atoms with Gasteiger partial charge in [-0.3, -0.25) is 0 Å². The normalized spacial score (nSPS) is 12.9. The first-order valence-electron chi connectivity index (χ1n) is 15.3. The zero-order valence-electron chi connectivity index (χ0n) is 27.1. The van der Waals surface area contributed by atoms with E-state index in [-0.39, 0.29) is 12.1 Å². The Labute approximate surface area is 287 Å². The Morgan fingerprint density at radius 1 is 0.720 bits per heavy atom. The SMILES string of the molecule is C=C/C(CNc1ccc(C(=C)/C(=C\C=C/C)n2c3ccccc3c3ccccc32)cc1)=C(O)/C(=C(/O)C(=C)O)c1c(O)c(O)c(O)c(O)c1O. The highest BCUT2D eigenvalue weighted by molar-refractivity contribution is 6.13. The van der Waals surface area contributed by atoms with Gasteiger partial charge in [0.05, 0.1) is 27.9 Å². The Morgan fingerprint density at radius 2 is 1.24 bits per heavy atom. The third-order valence-corrected chi connectivity index (χ3v) is 8.21. The Morgan fingerprint density at radius 3 is 1.74 bits per heavy atom. The first kappa shape index (κ1) is 34.4. The summed E-state index contributed by atoms with van der Waals surface area (Å²) in [7, 11) is 0. The maximum absolute atomic E-state index is 11.2. The number of aliphatic hydroxyl groups excluding tert-OH is 3. The maximum Gasteiger partial charge on any atom is 0.208 e. The van der Waals surface area contributed by atoms with Gasteiger partial charge in [0.1, 0.15) is 5.76 Å². The van der Waals surface area contributed by atoms with E-state index in [1.165, 1.54) is 6.08 Å². The summed E-state index contributed by atoms with van der Waals surface area (Å²) in [6.07, 6.45) is 7.13. The molecule has 0 saturated carbocycles. The van der Waals surface area contributed by atoms with Crippen molar-refractivity contribution in [2.45, 2.75) is 6.92 Å². The molecule has 0 aliphatic carbocycles. The molecule has 1 aromatic heterocycles. The molecule has 1 heterocycles. The van der Waals surface area contributed by atoms with E-state index in [2.05, 4.69) is 53.9 Å². The number of hydrogen-bond donors (Lipinski definition) is 9. The number of nitrogens with one attached hydrogen (secondary N) is 1. The average molecular weight is 673 g/mol. The van der Waals surface area contributed by atoms with Gasteiger partial charge in [0.2, 0.25) is 17.2 Å². The summed E-state index contributed by atoms with van der Waals surface area (Å²) in [5.74, 6) is -9.06. The lowest BCUT2D eigenvalue weighted by Gasteiger charge is -2.18. The molecule has 9 N–H and O–H groups in total. The zero-order chi connectivity index (χ0) is 36.3. The van der Waals surface area contributed by atoms with Crippen LogP contribution in [0, 0.1) is 0 Å². The largest absolute Gasteiger partial charge is 0.507 e. The summed E-state index contributed by atoms with van der Waals surface area (Å²) in [6.45, 7) is 13.1. The second-order valence-corrected chi connectivity index (χ2v) is 11.2. The first-order valence-corrected chi connectivity index (χ1v) is 15.3. The summed E-state index contributed by atoms with van der Waals surface area (Å²) in [5.41, 5.74) is 3.45. The van der Waals surface area contributed by atoms with E-state index < -0.39 is 57.2 Å². The van der Waals surface area contributed by atoms with E-state index in [4.69, 9.17) is 0 Å². The van der Waals surface area contributed by atoms with Crippen LogP contribution in [-0.2, 0) is 0 Å². The molecule has 0 aliphatic rings. The fourth-order valence-corrected chi connectivity index (χ4v) is 5.64. The quantitative estimate of drug-likeness (QED) is 0.0287. The van der Waals surface area contributed by atoms with Crippen molar-refractivity contribution < 1.29 is 40.9 Å². The van der Waals surface area contributed by atoms with Crippen LogP contribution in [0.25, 0.3) is 38.6 Å². The Bertz CT molecular complexity index is 2220. The predicted molar refractivity (Wildman–Crippen MR) is 198 cm³/mol. The number of fused-ring (bicyclic) bond motifs is 3. The van der Waals surface area contributed by atoms with Crippen LogP contribution in [0.4, 0.5) is 5.69 Å². The number of phenolic OH excluding ortho intramolecular Hbond substituents is 5. The third-order valence-electron chi connectivity index (χ3n) is 8.21. The number of nitrogens with zero attached hydrogens (tertiary/aromatic N) is 1. The van der Waals surface area contributed by atoms with Crippen LogP contribution in [0.1, 0.15) is 18.1 Å². The molecule has 5 rings (SSSR count). The van der Waals surface area contributed by atoms with Gasteiger partial charge < -0.3 is 50.7 Å². The molecule has 4 aromatic carbocycles. The predicted octanol–water partition coefficient (Wildman–Crippen LogP) is 8.90. The van der Waals surface area contributed by atoms with Crippen molar-refractivity contribution in [3.63, 3.8) is 0 Å². The molecular formula is C40H36N2O8. The van der Waals surface area contributed by atoms with E-state index in [9.17, 15) is 40.9 Å². The molecular weight excluding hydrogens is 636 g/mol. The lowest BCUT2D eigenvalue weighted by molar-refractivity contribution is 0.320. The Hall–Kier alpha value is -6.94. The van der Waals surface area contributed by atoms with Crippen LogP contribution in [0.15, 0.2) is 140 Å². The van der Waals surface area contributed by atoms with Gasteiger partial charge in [-0.15, -0.1) is 0 Å². The highest BCUT2D eigenvalue weighted by Gasteiger charge is 2.31. The number of rotatable bonds is 11. The molecule has 0 saturated heterocycles. The molecule has 0 atom stereocenters. The molecule has 254 valence electrons. The van der Waals surface area contributed by atoms with Crippen LogP contribution in [0.2, 0.25) is 0 Å². The van der Waals surface area contributed by atoms with Crippen molar-refractivity contribution in [3.8, 4) is 28.7 Å². The highest BCUT2D eigenvalue weighted by Crippen LogP contribution is 2.54. The zero-order valence-corrected chi connectivity index (χ0v) is 27.1. The van der Waals surface area contributed by atoms with Crippen LogP contribution in [0.5, 0.6) is 28.7 Å². The molecule has 0 spiro atoms. The number of aromatic nitrogens is 1. The van der Waals surface area contributed by atoms with Gasteiger partial charge in [0.15, 0.2) is 23.0 Å². The molecule has 0 aliphatic heterocycles. The van der Waals surface area contributed by atoms with Crippen LogP contribution >= 0.6 is 0 Å². The van der Waals surface area contributed by atoms with Crippen LogP contribution < -0.4 is 5.32 Å². The molecule has 0 fully saturated rings. The minimum atomic E-state index is -1.25. The van der Waals surface area contributed by atoms with Gasteiger partial charge >= 0.3 is 0 Å². The summed E-state index contributed by atoms with van der Waals surface area (Å²) < 4.78 is 2.19. The van der Waals surface area contributed by atoms with Crippen molar-refractivity contribution in [1.82, 2.24) is 4.57 Å². The van der Waals surface area contributed by atoms with Crippen molar-refractivity contribution in [2.24, 2.45) is 0 Å². The minimum absolute atomic E-state index is 0.00456. The van der Waals surface area contributed by atoms with Gasteiger partial charge in [0.25, 0.3) is 0 Å². The molecule has 0 unspecified atom stereocenters. The molecule has 0 radical (unpaired) electrons. The second kappa shape index (κ2) is 14.0. The van der Waals surface area contributed by atoms with E-state index in [1.807, 2.05) is 61.5 Å². The van der Waals surface area contributed by atoms with E-state index in [0.29, 0.717) is 5.69 Å². The number of aromatic hydroxyl groups is 5. The third kappa shape index (κ3) is 6.09. The molecule has 10 nitrogen and oxygen atoms in total. The van der Waals surface area contributed by atoms with Crippen molar-refractivity contribution in [3.05, 3.63) is 151 Å². The number of para-hydroxylation sites is 2. The standard InChI is InChI=1S/C40H36N2O8/c1-5-7-14-29(42-30-15-10-8-12-27(30)28-13-9-11-16-31(28)42)22(3)25-17-19-26(20-18-25)41-21-24(6-2)35(45)32(34(44)23(4)43)33-36(46)38(48)40(50)39(49)37(33)47/h5-20,41,43-50H,2-4,21H2,1H3/b7-5-,29-14+,34-32+,35-24+. The van der Waals surface area contributed by atoms with Gasteiger partial charge in [-0.2, -0.15) is 0 Å². The van der Waals surface area contributed by atoms with Gasteiger partial charge in [0, 0.05) is 28.6 Å². The summed E-state index contributed by atoms with van der Waals surface area (Å²) in [5, 5.41) is 88.1. The maximum atomic E-state index is 11.2. The Kier molecular flexibility index (Phi) is 9.66. The van der Waals surface area contributed by atoms with Crippen LogP contribution in [0.3, 0.4) is 0 Å². The molecule has 50 heavy (non-hydrogen) atoms.